The summed E-state index contributed by atoms with van der Waals surface area (Å²) >= 11 is 0. The Kier molecular flexibility index (Phi) is 2.86. The Hall–Kier alpha value is -2.24. The Labute approximate surface area is 97.4 Å². The van der Waals surface area contributed by atoms with Gasteiger partial charge in [0.2, 0.25) is 5.76 Å². The van der Waals surface area contributed by atoms with Gasteiger partial charge in [-0.05, 0) is 13.0 Å². The smallest absolute Gasteiger partial charge is 0.372 e. The number of furan rings is 1. The van der Waals surface area contributed by atoms with Gasteiger partial charge < -0.3 is 14.3 Å². The second kappa shape index (κ2) is 4.32. The number of aryl methyl sites for hydroxylation is 2. The second-order valence-electron chi connectivity index (χ2n) is 3.67. The number of aromatic nitrogens is 2. The highest BCUT2D eigenvalue weighted by atomic mass is 16.5. The van der Waals surface area contributed by atoms with Crippen molar-refractivity contribution in [2.75, 3.05) is 0 Å². The Bertz CT molecular complexity index is 541. The average Bonchev–Trinajstić information content (AvgIpc) is 2.82. The summed E-state index contributed by atoms with van der Waals surface area (Å²) < 4.78 is 12.2. The molecule has 0 saturated heterocycles. The van der Waals surface area contributed by atoms with Gasteiger partial charge in [0.15, 0.2) is 5.75 Å². The minimum atomic E-state index is -1.07. The highest BCUT2D eigenvalue weighted by Gasteiger charge is 2.14. The zero-order chi connectivity index (χ0) is 12.4. The van der Waals surface area contributed by atoms with E-state index < -0.39 is 5.97 Å². The summed E-state index contributed by atoms with van der Waals surface area (Å²) in [5, 5.41) is 12.8. The van der Waals surface area contributed by atoms with Crippen LogP contribution in [0.3, 0.4) is 0 Å². The van der Waals surface area contributed by atoms with Crippen molar-refractivity contribution in [1.82, 2.24) is 9.78 Å². The van der Waals surface area contributed by atoms with Crippen LogP contribution in [0.5, 0.6) is 5.75 Å². The topological polar surface area (TPSA) is 77.5 Å². The molecule has 0 amide bonds. The third-order valence-electron chi connectivity index (χ3n) is 2.23. The van der Waals surface area contributed by atoms with Gasteiger partial charge in [-0.2, -0.15) is 5.10 Å². The predicted octanol–water partition coefficient (Wildman–Crippen LogP) is 1.60. The van der Waals surface area contributed by atoms with E-state index in [2.05, 4.69) is 5.10 Å². The molecule has 0 unspecified atom stereocenters. The Morgan fingerprint density at radius 1 is 1.65 bits per heavy atom. The predicted molar refractivity (Wildman–Crippen MR) is 57.9 cm³/mol. The number of aromatic carboxylic acids is 1. The number of carboxylic acid groups (broad SMARTS) is 1. The van der Waals surface area contributed by atoms with Crippen LogP contribution in [0, 0.1) is 6.92 Å². The standard InChI is InChI=1S/C11H12N2O4/c1-7-3-8(17-10(7)11(14)15)6-16-9-4-12-13(2)5-9/h3-5H,6H2,1-2H3,(H,14,15). The van der Waals surface area contributed by atoms with E-state index in [4.69, 9.17) is 14.3 Å². The van der Waals surface area contributed by atoms with E-state index in [0.29, 0.717) is 17.1 Å². The van der Waals surface area contributed by atoms with Gasteiger partial charge in [0, 0.05) is 12.6 Å². The Balaban J connectivity index is 2.04. The first kappa shape index (κ1) is 11.3. The number of carboxylic acids is 1. The van der Waals surface area contributed by atoms with Gasteiger partial charge in [0.05, 0.1) is 12.4 Å². The van der Waals surface area contributed by atoms with Crippen molar-refractivity contribution in [3.8, 4) is 5.75 Å². The molecule has 0 aliphatic rings. The minimum Gasteiger partial charge on any atom is -0.482 e. The van der Waals surface area contributed by atoms with Crippen molar-refractivity contribution in [1.29, 1.82) is 0 Å². The van der Waals surface area contributed by atoms with Crippen LogP contribution in [0.2, 0.25) is 0 Å². The van der Waals surface area contributed by atoms with Crippen LogP contribution in [0.1, 0.15) is 21.9 Å². The molecule has 17 heavy (non-hydrogen) atoms. The Morgan fingerprint density at radius 2 is 2.41 bits per heavy atom. The molecule has 0 fully saturated rings. The van der Waals surface area contributed by atoms with Gasteiger partial charge in [-0.15, -0.1) is 0 Å². The van der Waals surface area contributed by atoms with Gasteiger partial charge in [-0.3, -0.25) is 4.68 Å². The summed E-state index contributed by atoms with van der Waals surface area (Å²) in [7, 11) is 1.78. The van der Waals surface area contributed by atoms with Gasteiger partial charge in [-0.25, -0.2) is 4.79 Å². The van der Waals surface area contributed by atoms with Gasteiger partial charge in [-0.1, -0.05) is 0 Å². The largest absolute Gasteiger partial charge is 0.482 e. The fourth-order valence-electron chi connectivity index (χ4n) is 1.46. The summed E-state index contributed by atoms with van der Waals surface area (Å²) in [5.41, 5.74) is 0.585. The molecule has 0 bridgehead atoms. The maximum atomic E-state index is 10.8. The lowest BCUT2D eigenvalue weighted by Crippen LogP contribution is -1.95. The zero-order valence-corrected chi connectivity index (χ0v) is 9.51. The molecule has 6 heteroatoms. The lowest BCUT2D eigenvalue weighted by atomic mass is 10.3. The first-order chi connectivity index (χ1) is 8.06. The van der Waals surface area contributed by atoms with Crippen LogP contribution < -0.4 is 4.74 Å². The van der Waals surface area contributed by atoms with Crippen LogP contribution >= 0.6 is 0 Å². The van der Waals surface area contributed by atoms with Gasteiger partial charge >= 0.3 is 5.97 Å². The lowest BCUT2D eigenvalue weighted by molar-refractivity contribution is 0.0657. The van der Waals surface area contributed by atoms with E-state index in [1.807, 2.05) is 0 Å². The molecule has 2 heterocycles. The highest BCUT2D eigenvalue weighted by Crippen LogP contribution is 2.17. The van der Waals surface area contributed by atoms with E-state index in [1.165, 1.54) is 0 Å². The molecule has 0 aliphatic heterocycles. The molecule has 6 nitrogen and oxygen atoms in total. The summed E-state index contributed by atoms with van der Waals surface area (Å²) in [6, 6.07) is 1.65. The van der Waals surface area contributed by atoms with Crippen molar-refractivity contribution in [2.24, 2.45) is 7.05 Å². The van der Waals surface area contributed by atoms with E-state index in [1.54, 1.807) is 37.1 Å². The van der Waals surface area contributed by atoms with E-state index in [9.17, 15) is 4.79 Å². The van der Waals surface area contributed by atoms with Crippen LogP contribution in [0.4, 0.5) is 0 Å². The number of hydrogen-bond acceptors (Lipinski definition) is 4. The van der Waals surface area contributed by atoms with Crippen LogP contribution in [0.25, 0.3) is 0 Å². The van der Waals surface area contributed by atoms with Crippen molar-refractivity contribution >= 4 is 5.97 Å². The zero-order valence-electron chi connectivity index (χ0n) is 9.51. The molecule has 2 rings (SSSR count). The molecular weight excluding hydrogens is 224 g/mol. The quantitative estimate of drug-likeness (QED) is 0.872. The number of hydrogen-bond donors (Lipinski definition) is 1. The van der Waals surface area contributed by atoms with Crippen molar-refractivity contribution < 1.29 is 19.1 Å². The molecule has 0 saturated carbocycles. The van der Waals surface area contributed by atoms with Crippen LogP contribution in [-0.2, 0) is 13.7 Å². The summed E-state index contributed by atoms with van der Waals surface area (Å²) in [5.74, 6) is -0.0351. The maximum Gasteiger partial charge on any atom is 0.372 e. The molecule has 2 aromatic heterocycles. The molecule has 0 atom stereocenters. The number of rotatable bonds is 4. The normalized spacial score (nSPS) is 10.5. The molecule has 0 radical (unpaired) electrons. The van der Waals surface area contributed by atoms with Crippen LogP contribution in [-0.4, -0.2) is 20.9 Å². The van der Waals surface area contributed by atoms with Crippen LogP contribution in [0.15, 0.2) is 22.9 Å². The SMILES string of the molecule is Cc1cc(COc2cnn(C)c2)oc1C(=O)O. The minimum absolute atomic E-state index is 0.0465. The van der Waals surface area contributed by atoms with Crippen molar-refractivity contribution in [3.05, 3.63) is 35.5 Å². The van der Waals surface area contributed by atoms with Gasteiger partial charge in [0.1, 0.15) is 12.4 Å². The molecule has 0 aromatic carbocycles. The second-order valence-corrected chi connectivity index (χ2v) is 3.67. The first-order valence-electron chi connectivity index (χ1n) is 5.00. The lowest BCUT2D eigenvalue weighted by Gasteiger charge is -1.99. The number of nitrogens with zero attached hydrogens (tertiary/aromatic N) is 2. The number of carbonyl (C=O) groups is 1. The summed E-state index contributed by atoms with van der Waals surface area (Å²) in [6.45, 7) is 1.86. The molecular formula is C11H12N2O4. The monoisotopic (exact) mass is 236 g/mol. The van der Waals surface area contributed by atoms with E-state index in [0.717, 1.165) is 0 Å². The van der Waals surface area contributed by atoms with Crippen molar-refractivity contribution in [3.63, 3.8) is 0 Å². The van der Waals surface area contributed by atoms with Crippen molar-refractivity contribution in [2.45, 2.75) is 13.5 Å². The highest BCUT2D eigenvalue weighted by molar-refractivity contribution is 5.86. The first-order valence-corrected chi connectivity index (χ1v) is 5.00. The summed E-state index contributed by atoms with van der Waals surface area (Å²) in [6.07, 6.45) is 3.29. The fourth-order valence-corrected chi connectivity index (χ4v) is 1.46. The summed E-state index contributed by atoms with van der Waals surface area (Å²) in [4.78, 5) is 10.8. The molecule has 0 aliphatic carbocycles. The third kappa shape index (κ3) is 2.47. The molecule has 1 N–H and O–H groups in total. The molecule has 0 spiro atoms. The molecule has 2 aromatic rings. The van der Waals surface area contributed by atoms with E-state index in [-0.39, 0.29) is 12.4 Å². The van der Waals surface area contributed by atoms with E-state index >= 15 is 0 Å². The Morgan fingerprint density at radius 3 is 2.94 bits per heavy atom. The fraction of sp³-hybridized carbons (Fsp3) is 0.273. The maximum absolute atomic E-state index is 10.8. The number of ether oxygens (including phenoxy) is 1. The molecule has 90 valence electrons. The van der Waals surface area contributed by atoms with Gasteiger partial charge in [0.25, 0.3) is 0 Å². The third-order valence-corrected chi connectivity index (χ3v) is 2.23. The average molecular weight is 236 g/mol.